The molecule has 11 N–H and O–H groups in total. The zero-order chi connectivity index (χ0) is 25.6. The van der Waals surface area contributed by atoms with Crippen LogP contribution in [0.4, 0.5) is 0 Å². The van der Waals surface area contributed by atoms with Crippen LogP contribution in [0.3, 0.4) is 0 Å². The molecular formula is C21H42N6O6. The van der Waals surface area contributed by atoms with E-state index in [2.05, 4.69) is 16.0 Å². The molecule has 0 bridgehead atoms. The van der Waals surface area contributed by atoms with Crippen molar-refractivity contribution in [2.75, 3.05) is 13.1 Å². The van der Waals surface area contributed by atoms with Crippen LogP contribution in [0.25, 0.3) is 0 Å². The van der Waals surface area contributed by atoms with Gasteiger partial charge in [0.2, 0.25) is 17.7 Å². The zero-order valence-corrected chi connectivity index (χ0v) is 19.9. The Labute approximate surface area is 195 Å². The maximum Gasteiger partial charge on any atom is 0.326 e. The minimum atomic E-state index is -1.34. The number of carboxylic acids is 1. The highest BCUT2D eigenvalue weighted by Gasteiger charge is 2.33. The second kappa shape index (κ2) is 16.4. The highest BCUT2D eigenvalue weighted by Crippen LogP contribution is 2.07. The van der Waals surface area contributed by atoms with Crippen molar-refractivity contribution in [2.24, 2.45) is 23.1 Å². The van der Waals surface area contributed by atoms with Crippen LogP contribution in [0.5, 0.6) is 0 Å². The van der Waals surface area contributed by atoms with Gasteiger partial charge in [0, 0.05) is 0 Å². The highest BCUT2D eigenvalue weighted by molar-refractivity contribution is 5.94. The Hall–Kier alpha value is -2.28. The number of aliphatic hydroxyl groups excluding tert-OH is 1. The summed E-state index contributed by atoms with van der Waals surface area (Å²) in [6.07, 6.45) is 1.80. The minimum absolute atomic E-state index is 0.200. The lowest BCUT2D eigenvalue weighted by Crippen LogP contribution is -2.60. The van der Waals surface area contributed by atoms with E-state index in [0.717, 1.165) is 0 Å². The van der Waals surface area contributed by atoms with Crippen LogP contribution in [0.1, 0.15) is 59.3 Å². The number of carboxylic acid groups (broad SMARTS) is 1. The van der Waals surface area contributed by atoms with Crippen LogP contribution < -0.4 is 33.2 Å². The lowest BCUT2D eigenvalue weighted by molar-refractivity contribution is -0.143. The van der Waals surface area contributed by atoms with Gasteiger partial charge in [-0.05, 0) is 58.0 Å². The van der Waals surface area contributed by atoms with Crippen molar-refractivity contribution in [1.29, 1.82) is 0 Å². The zero-order valence-electron chi connectivity index (χ0n) is 19.9. The Kier molecular flexibility index (Phi) is 15.2. The van der Waals surface area contributed by atoms with E-state index in [4.69, 9.17) is 17.2 Å². The Balaban J connectivity index is 5.21. The van der Waals surface area contributed by atoms with Gasteiger partial charge >= 0.3 is 5.97 Å². The molecule has 0 radical (unpaired) electrons. The molecule has 5 atom stereocenters. The molecule has 0 aromatic heterocycles. The molecule has 12 heteroatoms. The van der Waals surface area contributed by atoms with Gasteiger partial charge in [-0.3, -0.25) is 14.4 Å². The third-order valence-corrected chi connectivity index (χ3v) is 5.18. The van der Waals surface area contributed by atoms with Crippen molar-refractivity contribution < 1.29 is 29.4 Å². The Bertz CT molecular complexity index is 630. The molecule has 0 saturated carbocycles. The average Bonchev–Trinajstić information content (AvgIpc) is 2.74. The number of nitrogens with one attached hydrogen (secondary N) is 3. The van der Waals surface area contributed by atoms with Crippen molar-refractivity contribution in [2.45, 2.75) is 89.6 Å². The average molecular weight is 475 g/mol. The molecule has 0 heterocycles. The van der Waals surface area contributed by atoms with Gasteiger partial charge in [0.25, 0.3) is 0 Å². The first-order valence-electron chi connectivity index (χ1n) is 11.4. The van der Waals surface area contributed by atoms with Crippen LogP contribution in [-0.4, -0.2) is 77.3 Å². The fourth-order valence-corrected chi connectivity index (χ4v) is 3.09. The van der Waals surface area contributed by atoms with Crippen molar-refractivity contribution >= 4 is 23.7 Å². The number of hydrogen-bond acceptors (Lipinski definition) is 8. The van der Waals surface area contributed by atoms with Crippen LogP contribution in [0.15, 0.2) is 0 Å². The molecule has 3 amide bonds. The van der Waals surface area contributed by atoms with E-state index in [1.807, 2.05) is 0 Å². The van der Waals surface area contributed by atoms with E-state index in [1.165, 1.54) is 6.92 Å². The summed E-state index contributed by atoms with van der Waals surface area (Å²) in [5, 5.41) is 26.8. The quantitative estimate of drug-likeness (QED) is 0.111. The Morgan fingerprint density at radius 1 is 0.758 bits per heavy atom. The number of carbonyl (C=O) groups is 4. The molecule has 0 aliphatic carbocycles. The lowest BCUT2D eigenvalue weighted by Gasteiger charge is -2.28. The third kappa shape index (κ3) is 11.9. The fourth-order valence-electron chi connectivity index (χ4n) is 3.09. The van der Waals surface area contributed by atoms with Gasteiger partial charge in [0.05, 0.1) is 12.1 Å². The first-order valence-corrected chi connectivity index (χ1v) is 11.4. The summed E-state index contributed by atoms with van der Waals surface area (Å²) in [6.45, 7) is 5.57. The van der Waals surface area contributed by atoms with Crippen LogP contribution >= 0.6 is 0 Å². The van der Waals surface area contributed by atoms with E-state index < -0.39 is 59.9 Å². The van der Waals surface area contributed by atoms with Crippen LogP contribution in [0.2, 0.25) is 0 Å². The SMILES string of the molecule is CC(C)C(NC(=O)C(NC(=O)C(N)CCCCN)C(C)O)C(=O)NC(CCCCN)C(=O)O. The molecule has 5 unspecified atom stereocenters. The topological polar surface area (TPSA) is 223 Å². The maximum absolute atomic E-state index is 12.8. The molecule has 0 spiro atoms. The Morgan fingerprint density at radius 3 is 1.70 bits per heavy atom. The largest absolute Gasteiger partial charge is 0.480 e. The van der Waals surface area contributed by atoms with E-state index in [-0.39, 0.29) is 6.42 Å². The van der Waals surface area contributed by atoms with Gasteiger partial charge in [0.1, 0.15) is 18.1 Å². The van der Waals surface area contributed by atoms with E-state index in [9.17, 15) is 29.4 Å². The summed E-state index contributed by atoms with van der Waals surface area (Å²) in [6, 6.07) is -4.42. The smallest absolute Gasteiger partial charge is 0.326 e. The minimum Gasteiger partial charge on any atom is -0.480 e. The summed E-state index contributed by atoms with van der Waals surface area (Å²) in [4.78, 5) is 49.4. The standard InChI is InChI=1S/C21H42N6O6/c1-12(2)16(19(30)25-15(21(32)33)9-5-7-11-23)26-20(31)17(13(3)28)27-18(29)14(24)8-4-6-10-22/h12-17,28H,4-11,22-24H2,1-3H3,(H,25,30)(H,26,31)(H,27,29)(H,32,33). The molecule has 0 saturated heterocycles. The molecule has 0 rings (SSSR count). The molecule has 192 valence electrons. The van der Waals surface area contributed by atoms with E-state index in [0.29, 0.717) is 45.2 Å². The summed E-state index contributed by atoms with van der Waals surface area (Å²) in [7, 11) is 0. The monoisotopic (exact) mass is 474 g/mol. The van der Waals surface area contributed by atoms with Gasteiger partial charge < -0.3 is 43.4 Å². The molecule has 0 aliphatic heterocycles. The summed E-state index contributed by atoms with van der Waals surface area (Å²) in [5.41, 5.74) is 16.7. The maximum atomic E-state index is 12.8. The molecule has 0 aromatic carbocycles. The number of unbranched alkanes of at least 4 members (excludes halogenated alkanes) is 2. The lowest BCUT2D eigenvalue weighted by atomic mass is 10.0. The molecule has 0 fully saturated rings. The number of carbonyl (C=O) groups excluding carboxylic acids is 3. The Morgan fingerprint density at radius 2 is 1.24 bits per heavy atom. The number of aliphatic hydroxyl groups is 1. The molecule has 0 aliphatic rings. The molecular weight excluding hydrogens is 432 g/mol. The van der Waals surface area contributed by atoms with E-state index in [1.54, 1.807) is 13.8 Å². The highest BCUT2D eigenvalue weighted by atomic mass is 16.4. The number of nitrogens with two attached hydrogens (primary N) is 3. The van der Waals surface area contributed by atoms with Gasteiger partial charge in [-0.25, -0.2) is 4.79 Å². The van der Waals surface area contributed by atoms with Crippen molar-refractivity contribution in [1.82, 2.24) is 16.0 Å². The summed E-state index contributed by atoms with van der Waals surface area (Å²) < 4.78 is 0. The van der Waals surface area contributed by atoms with Crippen molar-refractivity contribution in [3.05, 3.63) is 0 Å². The summed E-state index contributed by atoms with van der Waals surface area (Å²) >= 11 is 0. The number of hydrogen-bond donors (Lipinski definition) is 8. The predicted molar refractivity (Wildman–Crippen MR) is 124 cm³/mol. The van der Waals surface area contributed by atoms with Gasteiger partial charge in [-0.15, -0.1) is 0 Å². The van der Waals surface area contributed by atoms with Crippen molar-refractivity contribution in [3.63, 3.8) is 0 Å². The predicted octanol–water partition coefficient (Wildman–Crippen LogP) is -1.85. The van der Waals surface area contributed by atoms with Gasteiger partial charge in [0.15, 0.2) is 0 Å². The normalized spacial score (nSPS) is 15.8. The fraction of sp³-hybridized carbons (Fsp3) is 0.810. The first-order chi connectivity index (χ1) is 15.5. The third-order valence-electron chi connectivity index (χ3n) is 5.18. The van der Waals surface area contributed by atoms with Gasteiger partial charge in [-0.1, -0.05) is 20.3 Å². The van der Waals surface area contributed by atoms with Crippen LogP contribution in [0, 0.1) is 5.92 Å². The second-order valence-corrected chi connectivity index (χ2v) is 8.53. The molecule has 33 heavy (non-hydrogen) atoms. The number of amides is 3. The summed E-state index contributed by atoms with van der Waals surface area (Å²) in [5.74, 6) is -3.64. The molecule has 12 nitrogen and oxygen atoms in total. The number of rotatable bonds is 17. The van der Waals surface area contributed by atoms with Crippen molar-refractivity contribution in [3.8, 4) is 0 Å². The molecule has 0 aromatic rings. The second-order valence-electron chi connectivity index (χ2n) is 8.53. The van der Waals surface area contributed by atoms with E-state index >= 15 is 0 Å². The van der Waals surface area contributed by atoms with Crippen LogP contribution in [-0.2, 0) is 19.2 Å². The number of aliphatic carboxylic acids is 1. The first kappa shape index (κ1) is 30.7. The van der Waals surface area contributed by atoms with Gasteiger partial charge in [-0.2, -0.15) is 0 Å².